The van der Waals surface area contributed by atoms with Gasteiger partial charge in [-0.15, -0.1) is 0 Å². The van der Waals surface area contributed by atoms with Gasteiger partial charge in [-0.3, -0.25) is 14.4 Å². The summed E-state index contributed by atoms with van der Waals surface area (Å²) in [6, 6.07) is 6.04. The van der Waals surface area contributed by atoms with Crippen LogP contribution < -0.4 is 26.6 Å². The van der Waals surface area contributed by atoms with Crippen LogP contribution in [0, 0.1) is 0 Å². The minimum atomic E-state index is -0.632. The predicted molar refractivity (Wildman–Crippen MR) is 135 cm³/mol. The number of aromatic hydroxyl groups is 1. The van der Waals surface area contributed by atoms with Crippen molar-refractivity contribution in [1.82, 2.24) is 26.6 Å². The van der Waals surface area contributed by atoms with Gasteiger partial charge in [-0.25, -0.2) is 0 Å². The minimum Gasteiger partial charge on any atom is -0.508 e. The highest BCUT2D eigenvalue weighted by Crippen LogP contribution is 2.11. The molecule has 0 bridgehead atoms. The van der Waals surface area contributed by atoms with Gasteiger partial charge in [0.05, 0.1) is 0 Å². The summed E-state index contributed by atoms with van der Waals surface area (Å²) in [5.41, 5.74) is 0.876. The lowest BCUT2D eigenvalue weighted by Crippen LogP contribution is -2.48. The molecule has 0 spiro atoms. The molecule has 0 saturated heterocycles. The smallest absolute Gasteiger partial charge is 0.242 e. The molecule has 0 aliphatic carbocycles. The van der Waals surface area contributed by atoms with E-state index < -0.39 is 6.04 Å². The quantitative estimate of drug-likeness (QED) is 0.166. The number of amides is 3. The van der Waals surface area contributed by atoms with Crippen molar-refractivity contribution in [2.75, 3.05) is 39.3 Å². The monoisotopic (exact) mass is 477 g/mol. The molecule has 34 heavy (non-hydrogen) atoms. The van der Waals surface area contributed by atoms with Crippen LogP contribution in [0.1, 0.15) is 57.9 Å². The van der Waals surface area contributed by atoms with Gasteiger partial charge in [0.15, 0.2) is 0 Å². The number of benzene rings is 1. The van der Waals surface area contributed by atoms with E-state index in [9.17, 15) is 19.5 Å². The third-order valence-corrected chi connectivity index (χ3v) is 5.20. The van der Waals surface area contributed by atoms with E-state index in [0.29, 0.717) is 25.9 Å². The second-order valence-corrected chi connectivity index (χ2v) is 8.43. The molecule has 6 N–H and O–H groups in total. The summed E-state index contributed by atoms with van der Waals surface area (Å²) in [6.07, 6.45) is 5.26. The zero-order chi connectivity index (χ0) is 25.0. The molecule has 1 aromatic rings. The second-order valence-electron chi connectivity index (χ2n) is 8.43. The first kappa shape index (κ1) is 29.4. The maximum absolute atomic E-state index is 12.7. The van der Waals surface area contributed by atoms with Crippen LogP contribution in [0.3, 0.4) is 0 Å². The summed E-state index contributed by atoms with van der Waals surface area (Å²) in [6.45, 7) is 8.38. The normalized spacial score (nSPS) is 11.6. The average molecular weight is 478 g/mol. The Morgan fingerprint density at radius 1 is 0.824 bits per heavy atom. The van der Waals surface area contributed by atoms with Crippen LogP contribution >= 0.6 is 0 Å². The number of hydrogen-bond donors (Lipinski definition) is 6. The Bertz CT molecular complexity index is 712. The Morgan fingerprint density at radius 2 is 1.38 bits per heavy atom. The maximum atomic E-state index is 12.7. The fourth-order valence-electron chi connectivity index (χ4n) is 3.35. The molecule has 0 aromatic heterocycles. The molecule has 0 fully saturated rings. The fourth-order valence-corrected chi connectivity index (χ4v) is 3.35. The molecule has 1 aromatic carbocycles. The van der Waals surface area contributed by atoms with Crippen molar-refractivity contribution in [3.8, 4) is 5.75 Å². The van der Waals surface area contributed by atoms with Crippen molar-refractivity contribution in [3.05, 3.63) is 29.8 Å². The van der Waals surface area contributed by atoms with Gasteiger partial charge in [0.2, 0.25) is 17.7 Å². The van der Waals surface area contributed by atoms with Crippen molar-refractivity contribution in [3.63, 3.8) is 0 Å². The number of carbonyl (C=O) groups excluding carboxylic acids is 3. The lowest BCUT2D eigenvalue weighted by molar-refractivity contribution is -0.129. The van der Waals surface area contributed by atoms with E-state index in [1.807, 2.05) is 6.92 Å². The van der Waals surface area contributed by atoms with Gasteiger partial charge < -0.3 is 31.7 Å². The highest BCUT2D eigenvalue weighted by molar-refractivity contribution is 5.87. The number of rotatable bonds is 19. The molecule has 1 atom stereocenters. The SMILES string of the molecule is CCCC(=O)NC(Cc1ccc(O)cc1)C(=O)NCCCCNCCCNCCCNC(C)=O. The van der Waals surface area contributed by atoms with Crippen molar-refractivity contribution in [1.29, 1.82) is 0 Å². The first-order valence-electron chi connectivity index (χ1n) is 12.4. The molecule has 9 nitrogen and oxygen atoms in total. The Balaban J connectivity index is 2.16. The van der Waals surface area contributed by atoms with E-state index >= 15 is 0 Å². The summed E-state index contributed by atoms with van der Waals surface area (Å²) in [7, 11) is 0. The van der Waals surface area contributed by atoms with Crippen LogP contribution in [0.25, 0.3) is 0 Å². The van der Waals surface area contributed by atoms with Crippen molar-refractivity contribution in [2.24, 2.45) is 0 Å². The second kappa shape index (κ2) is 18.7. The Hall–Kier alpha value is -2.65. The molecule has 1 unspecified atom stereocenters. The molecule has 0 heterocycles. The van der Waals surface area contributed by atoms with E-state index in [2.05, 4.69) is 26.6 Å². The van der Waals surface area contributed by atoms with Gasteiger partial charge >= 0.3 is 0 Å². The molecule has 1 rings (SSSR count). The number of carbonyl (C=O) groups is 3. The topological polar surface area (TPSA) is 132 Å². The van der Waals surface area contributed by atoms with Gasteiger partial charge in [0.1, 0.15) is 11.8 Å². The predicted octanol–water partition coefficient (Wildman–Crippen LogP) is 1.21. The van der Waals surface area contributed by atoms with E-state index in [4.69, 9.17) is 0 Å². The Kier molecular flexibility index (Phi) is 16.2. The Morgan fingerprint density at radius 3 is 2.00 bits per heavy atom. The van der Waals surface area contributed by atoms with Gasteiger partial charge in [-0.1, -0.05) is 19.1 Å². The summed E-state index contributed by atoms with van der Waals surface area (Å²) >= 11 is 0. The third kappa shape index (κ3) is 15.2. The fraction of sp³-hybridized carbons (Fsp3) is 0.640. The van der Waals surface area contributed by atoms with Crippen LogP contribution in [0.15, 0.2) is 24.3 Å². The third-order valence-electron chi connectivity index (χ3n) is 5.20. The minimum absolute atomic E-state index is 0.0106. The van der Waals surface area contributed by atoms with E-state index in [1.165, 1.54) is 6.92 Å². The van der Waals surface area contributed by atoms with Gasteiger partial charge in [-0.2, -0.15) is 0 Å². The lowest BCUT2D eigenvalue weighted by atomic mass is 10.0. The van der Waals surface area contributed by atoms with Crippen molar-refractivity contribution < 1.29 is 19.5 Å². The summed E-state index contributed by atoms with van der Waals surface area (Å²) in [5, 5.41) is 24.8. The van der Waals surface area contributed by atoms with Crippen molar-refractivity contribution in [2.45, 2.75) is 64.8 Å². The van der Waals surface area contributed by atoms with Crippen LogP contribution in [0.2, 0.25) is 0 Å². The molecular formula is C25H43N5O4. The highest BCUT2D eigenvalue weighted by Gasteiger charge is 2.20. The molecule has 0 aliphatic rings. The molecule has 9 heteroatoms. The molecule has 0 aliphatic heterocycles. The largest absolute Gasteiger partial charge is 0.508 e. The molecule has 0 radical (unpaired) electrons. The highest BCUT2D eigenvalue weighted by atomic mass is 16.3. The zero-order valence-corrected chi connectivity index (χ0v) is 20.8. The summed E-state index contributed by atoms with van der Waals surface area (Å²) in [4.78, 5) is 35.5. The number of phenolic OH excluding ortho intramolecular Hbond substituents is 1. The average Bonchev–Trinajstić information content (AvgIpc) is 2.80. The van der Waals surface area contributed by atoms with E-state index in [-0.39, 0.29) is 23.5 Å². The number of unbranched alkanes of at least 4 members (excludes halogenated alkanes) is 1. The maximum Gasteiger partial charge on any atom is 0.242 e. The molecular weight excluding hydrogens is 434 g/mol. The summed E-state index contributed by atoms with van der Waals surface area (Å²) in [5.74, 6) is -0.136. The number of nitrogens with one attached hydrogen (secondary N) is 5. The molecule has 0 saturated carbocycles. The standard InChI is InChI=1S/C25H43N5O4/c1-3-8-24(33)30-23(19-21-9-11-22(32)12-10-21)25(34)29-17-5-4-13-26-14-6-15-27-16-7-18-28-20(2)31/h9-12,23,26-27,32H,3-8,13-19H2,1-2H3,(H,28,31)(H,29,34)(H,30,33). The number of phenols is 1. The van der Waals surface area contributed by atoms with E-state index in [1.54, 1.807) is 24.3 Å². The van der Waals surface area contributed by atoms with Gasteiger partial charge in [-0.05, 0) is 76.0 Å². The van der Waals surface area contributed by atoms with Crippen LogP contribution in [-0.2, 0) is 20.8 Å². The summed E-state index contributed by atoms with van der Waals surface area (Å²) < 4.78 is 0. The molecule has 3 amide bonds. The number of hydrogen-bond acceptors (Lipinski definition) is 6. The van der Waals surface area contributed by atoms with Gasteiger partial charge in [0, 0.05) is 32.9 Å². The van der Waals surface area contributed by atoms with Crippen LogP contribution in [0.4, 0.5) is 0 Å². The first-order chi connectivity index (χ1) is 16.4. The van der Waals surface area contributed by atoms with Gasteiger partial charge in [0.25, 0.3) is 0 Å². The van der Waals surface area contributed by atoms with E-state index in [0.717, 1.165) is 63.8 Å². The van der Waals surface area contributed by atoms with Crippen LogP contribution in [0.5, 0.6) is 5.75 Å². The zero-order valence-electron chi connectivity index (χ0n) is 20.8. The Labute approximate surface area is 203 Å². The lowest BCUT2D eigenvalue weighted by Gasteiger charge is -2.19. The van der Waals surface area contributed by atoms with Crippen LogP contribution in [-0.4, -0.2) is 68.1 Å². The first-order valence-corrected chi connectivity index (χ1v) is 12.4. The van der Waals surface area contributed by atoms with Crippen molar-refractivity contribution >= 4 is 17.7 Å². The molecule has 192 valence electrons.